The van der Waals surface area contributed by atoms with Crippen LogP contribution in [-0.4, -0.2) is 33.0 Å². The molecule has 2 saturated carbocycles. The minimum atomic E-state index is 0.119. The van der Waals surface area contributed by atoms with Gasteiger partial charge in [-0.25, -0.2) is 0 Å². The Bertz CT molecular complexity index is 492. The van der Waals surface area contributed by atoms with E-state index >= 15 is 0 Å². The summed E-state index contributed by atoms with van der Waals surface area (Å²) in [6.07, 6.45) is 8.94. The summed E-state index contributed by atoms with van der Waals surface area (Å²) in [5.41, 5.74) is 0. The molecule has 2 fully saturated rings. The molecular weight excluding hydrogens is 284 g/mol. The van der Waals surface area contributed by atoms with E-state index in [0.29, 0.717) is 17.7 Å². The van der Waals surface area contributed by atoms with Gasteiger partial charge in [0.15, 0.2) is 5.16 Å². The number of carbonyl (C=O) groups excluding carboxylic acids is 1. The van der Waals surface area contributed by atoms with Gasteiger partial charge in [-0.3, -0.25) is 4.79 Å². The fourth-order valence-electron chi connectivity index (χ4n) is 3.03. The van der Waals surface area contributed by atoms with E-state index in [1.165, 1.54) is 56.7 Å². The first-order chi connectivity index (χ1) is 10.2. The van der Waals surface area contributed by atoms with Crippen LogP contribution in [0, 0.1) is 12.8 Å². The van der Waals surface area contributed by atoms with Crippen LogP contribution in [0.4, 0.5) is 0 Å². The van der Waals surface area contributed by atoms with Crippen LogP contribution in [0.3, 0.4) is 0 Å². The van der Waals surface area contributed by atoms with Crippen molar-refractivity contribution in [1.29, 1.82) is 0 Å². The van der Waals surface area contributed by atoms with Crippen molar-refractivity contribution >= 4 is 17.7 Å². The summed E-state index contributed by atoms with van der Waals surface area (Å²) in [6.45, 7) is 2.83. The van der Waals surface area contributed by atoms with Crippen molar-refractivity contribution in [3.63, 3.8) is 0 Å². The highest BCUT2D eigenvalue weighted by Crippen LogP contribution is 2.38. The molecule has 21 heavy (non-hydrogen) atoms. The minimum absolute atomic E-state index is 0.119. The molecule has 0 atom stereocenters. The maximum absolute atomic E-state index is 12.0. The monoisotopic (exact) mass is 308 g/mol. The number of aryl methyl sites for hydroxylation is 1. The Morgan fingerprint density at radius 1 is 1.24 bits per heavy atom. The molecule has 3 rings (SSSR count). The van der Waals surface area contributed by atoms with Crippen molar-refractivity contribution in [2.45, 2.75) is 63.1 Å². The van der Waals surface area contributed by atoms with Gasteiger partial charge in [-0.05, 0) is 38.5 Å². The van der Waals surface area contributed by atoms with Gasteiger partial charge in [-0.2, -0.15) is 0 Å². The number of amides is 1. The number of nitrogens with zero attached hydrogens (tertiary/aromatic N) is 3. The summed E-state index contributed by atoms with van der Waals surface area (Å²) in [4.78, 5) is 12.0. The Morgan fingerprint density at radius 2 is 2.00 bits per heavy atom. The van der Waals surface area contributed by atoms with Gasteiger partial charge in [-0.1, -0.05) is 31.0 Å². The molecule has 0 aliphatic heterocycles. The Hall–Kier alpha value is -1.04. The Labute approximate surface area is 130 Å². The largest absolute Gasteiger partial charge is 0.355 e. The highest BCUT2D eigenvalue weighted by molar-refractivity contribution is 7.99. The normalized spacial score (nSPS) is 19.7. The van der Waals surface area contributed by atoms with Crippen LogP contribution in [-0.2, 0) is 4.79 Å². The molecule has 2 aliphatic carbocycles. The molecule has 0 aromatic carbocycles. The molecule has 1 aromatic rings. The zero-order valence-corrected chi connectivity index (χ0v) is 13.5. The van der Waals surface area contributed by atoms with Crippen molar-refractivity contribution in [3.8, 4) is 0 Å². The third-order valence-corrected chi connectivity index (χ3v) is 5.34. The maximum Gasteiger partial charge on any atom is 0.230 e. The SMILES string of the molecule is Cc1nnc(SCC(=O)NCC2CCCCC2)n1C1CC1. The molecule has 1 N–H and O–H groups in total. The summed E-state index contributed by atoms with van der Waals surface area (Å²) < 4.78 is 2.18. The lowest BCUT2D eigenvalue weighted by Crippen LogP contribution is -2.31. The molecule has 1 heterocycles. The molecule has 0 bridgehead atoms. The van der Waals surface area contributed by atoms with Gasteiger partial charge in [-0.15, -0.1) is 10.2 Å². The smallest absolute Gasteiger partial charge is 0.230 e. The van der Waals surface area contributed by atoms with Crippen LogP contribution in [0.1, 0.15) is 56.8 Å². The summed E-state index contributed by atoms with van der Waals surface area (Å²) in [6, 6.07) is 0.563. The topological polar surface area (TPSA) is 59.8 Å². The zero-order valence-electron chi connectivity index (χ0n) is 12.7. The first-order valence-corrected chi connectivity index (χ1v) is 9.03. The summed E-state index contributed by atoms with van der Waals surface area (Å²) in [5.74, 6) is 2.21. The van der Waals surface area contributed by atoms with E-state index in [0.717, 1.165) is 17.5 Å². The van der Waals surface area contributed by atoms with Crippen molar-refractivity contribution in [1.82, 2.24) is 20.1 Å². The standard InChI is InChI=1S/C15H24N4OS/c1-11-17-18-15(19(11)13-7-8-13)21-10-14(20)16-9-12-5-3-2-4-6-12/h12-13H,2-10H2,1H3,(H,16,20). The lowest BCUT2D eigenvalue weighted by atomic mass is 9.89. The van der Waals surface area contributed by atoms with E-state index in [9.17, 15) is 4.79 Å². The molecule has 0 unspecified atom stereocenters. The fourth-order valence-corrected chi connectivity index (χ4v) is 3.91. The number of aromatic nitrogens is 3. The van der Waals surface area contributed by atoms with Crippen LogP contribution in [0.2, 0.25) is 0 Å². The second-order valence-electron chi connectivity index (χ2n) is 6.23. The van der Waals surface area contributed by atoms with Crippen molar-refractivity contribution in [2.24, 2.45) is 5.92 Å². The average molecular weight is 308 g/mol. The third kappa shape index (κ3) is 3.99. The summed E-state index contributed by atoms with van der Waals surface area (Å²) in [5, 5.41) is 12.3. The number of nitrogens with one attached hydrogen (secondary N) is 1. The second kappa shape index (κ2) is 6.81. The summed E-state index contributed by atoms with van der Waals surface area (Å²) in [7, 11) is 0. The lowest BCUT2D eigenvalue weighted by molar-refractivity contribution is -0.118. The van der Waals surface area contributed by atoms with E-state index in [-0.39, 0.29) is 5.91 Å². The number of thioether (sulfide) groups is 1. The van der Waals surface area contributed by atoms with Crippen molar-refractivity contribution < 1.29 is 4.79 Å². The van der Waals surface area contributed by atoms with Gasteiger partial charge in [0.05, 0.1) is 5.75 Å². The highest BCUT2D eigenvalue weighted by Gasteiger charge is 2.28. The van der Waals surface area contributed by atoms with E-state index in [1.54, 1.807) is 0 Å². The van der Waals surface area contributed by atoms with Crippen LogP contribution in [0.15, 0.2) is 5.16 Å². The van der Waals surface area contributed by atoms with E-state index < -0.39 is 0 Å². The van der Waals surface area contributed by atoms with E-state index in [1.807, 2.05) is 6.92 Å². The van der Waals surface area contributed by atoms with Gasteiger partial charge in [0.2, 0.25) is 5.91 Å². The van der Waals surface area contributed by atoms with Gasteiger partial charge in [0, 0.05) is 12.6 Å². The predicted molar refractivity (Wildman–Crippen MR) is 83.3 cm³/mol. The molecule has 0 saturated heterocycles. The van der Waals surface area contributed by atoms with Gasteiger partial charge >= 0.3 is 0 Å². The summed E-state index contributed by atoms with van der Waals surface area (Å²) >= 11 is 1.51. The first kappa shape index (κ1) is 14.9. The number of rotatable bonds is 6. The Kier molecular flexibility index (Phi) is 4.83. The maximum atomic E-state index is 12.0. The number of hydrogen-bond acceptors (Lipinski definition) is 4. The first-order valence-electron chi connectivity index (χ1n) is 8.05. The zero-order chi connectivity index (χ0) is 14.7. The molecular formula is C15H24N4OS. The van der Waals surface area contributed by atoms with E-state index in [4.69, 9.17) is 0 Å². The number of carbonyl (C=O) groups is 1. The lowest BCUT2D eigenvalue weighted by Gasteiger charge is -2.21. The van der Waals surface area contributed by atoms with Crippen LogP contribution < -0.4 is 5.32 Å². The van der Waals surface area contributed by atoms with Crippen molar-refractivity contribution in [2.75, 3.05) is 12.3 Å². The Balaban J connectivity index is 1.43. The minimum Gasteiger partial charge on any atom is -0.355 e. The van der Waals surface area contributed by atoms with Crippen LogP contribution in [0.25, 0.3) is 0 Å². The molecule has 116 valence electrons. The molecule has 0 radical (unpaired) electrons. The highest BCUT2D eigenvalue weighted by atomic mass is 32.2. The van der Waals surface area contributed by atoms with Gasteiger partial charge in [0.1, 0.15) is 5.82 Å². The van der Waals surface area contributed by atoms with Crippen LogP contribution >= 0.6 is 11.8 Å². The molecule has 6 heteroatoms. The molecule has 1 aromatic heterocycles. The second-order valence-corrected chi connectivity index (χ2v) is 7.17. The Morgan fingerprint density at radius 3 is 2.71 bits per heavy atom. The quantitative estimate of drug-likeness (QED) is 0.821. The van der Waals surface area contributed by atoms with Gasteiger partial charge in [0.25, 0.3) is 0 Å². The average Bonchev–Trinajstić information content (AvgIpc) is 3.27. The van der Waals surface area contributed by atoms with Crippen molar-refractivity contribution in [3.05, 3.63) is 5.82 Å². The number of hydrogen-bond donors (Lipinski definition) is 1. The third-order valence-electron chi connectivity index (χ3n) is 4.39. The van der Waals surface area contributed by atoms with Gasteiger partial charge < -0.3 is 9.88 Å². The fraction of sp³-hybridized carbons (Fsp3) is 0.800. The predicted octanol–water partition coefficient (Wildman–Crippen LogP) is 2.71. The molecule has 5 nitrogen and oxygen atoms in total. The molecule has 0 spiro atoms. The molecule has 1 amide bonds. The molecule has 2 aliphatic rings. The van der Waals surface area contributed by atoms with E-state index in [2.05, 4.69) is 20.1 Å². The van der Waals surface area contributed by atoms with Crippen LogP contribution in [0.5, 0.6) is 0 Å².